The lowest BCUT2D eigenvalue weighted by Gasteiger charge is -1.86. The van der Waals surface area contributed by atoms with Gasteiger partial charge in [0.25, 0.3) is 0 Å². The predicted molar refractivity (Wildman–Crippen MR) is 24.1 cm³/mol. The monoisotopic (exact) mass is 104 g/mol. The molecule has 0 aliphatic carbocycles. The van der Waals surface area contributed by atoms with Gasteiger partial charge in [-0.1, -0.05) is 0 Å². The molecule has 1 heterocycles. The first-order valence-electron chi connectivity index (χ1n) is 1.58. The van der Waals surface area contributed by atoms with Gasteiger partial charge in [0.2, 0.25) is 0 Å². The summed E-state index contributed by atoms with van der Waals surface area (Å²) in [6, 6.07) is 0. The molecule has 34 valence electrons. The largest absolute Gasteiger partial charge is 0.331 e. The third-order valence-corrected chi connectivity index (χ3v) is 0.727. The quantitative estimate of drug-likeness (QED) is 0.360. The summed E-state index contributed by atoms with van der Waals surface area (Å²) in [5, 5.41) is 0.551. The van der Waals surface area contributed by atoms with Gasteiger partial charge < -0.3 is 4.89 Å². The molecule has 0 aromatic carbocycles. The van der Waals surface area contributed by atoms with Gasteiger partial charge in [0.1, 0.15) is 6.61 Å². The van der Waals surface area contributed by atoms with E-state index in [4.69, 9.17) is 0 Å². The summed E-state index contributed by atoms with van der Waals surface area (Å²) >= 11 is 3.81. The minimum absolute atomic E-state index is 0.527. The Hall–Kier alpha value is -0.150. The smallest absolute Gasteiger partial charge is 0.194 e. The predicted octanol–water partition coefficient (Wildman–Crippen LogP) is 0.719. The number of rotatable bonds is 0. The molecule has 0 amide bonds. The average Bonchev–Trinajstić information content (AvgIpc) is 1.86. The fourth-order valence-corrected chi connectivity index (χ4v) is 0.361. The van der Waals surface area contributed by atoms with Crippen LogP contribution in [0.3, 0.4) is 0 Å². The zero-order valence-corrected chi connectivity index (χ0v) is 3.94. The van der Waals surface area contributed by atoms with Crippen LogP contribution in [0.15, 0.2) is 11.2 Å². The van der Waals surface area contributed by atoms with Crippen LogP contribution in [-0.2, 0) is 9.78 Å². The highest BCUT2D eigenvalue weighted by atomic mass is 32.1. The highest BCUT2D eigenvalue weighted by Gasteiger charge is 1.97. The zero-order valence-electron chi connectivity index (χ0n) is 3.05. The molecule has 0 spiro atoms. The number of hydrogen-bond acceptors (Lipinski definition) is 3. The van der Waals surface area contributed by atoms with E-state index in [1.807, 2.05) is 0 Å². The average molecular weight is 104 g/mol. The Morgan fingerprint density at radius 3 is 2.83 bits per heavy atom. The van der Waals surface area contributed by atoms with Crippen molar-refractivity contribution in [3.63, 3.8) is 0 Å². The molecule has 2 nitrogen and oxygen atoms in total. The molecule has 3 heteroatoms. The van der Waals surface area contributed by atoms with Crippen LogP contribution in [0.2, 0.25) is 0 Å². The van der Waals surface area contributed by atoms with Gasteiger partial charge in [0, 0.05) is 0 Å². The van der Waals surface area contributed by atoms with Gasteiger partial charge in [-0.2, -0.15) is 4.89 Å². The number of thiol groups is 1. The fraction of sp³-hybridized carbons (Fsp3) is 0.333. The Bertz CT molecular complexity index is 78.9. The molecule has 1 aliphatic heterocycles. The molecule has 0 N–H and O–H groups in total. The highest BCUT2D eigenvalue weighted by Crippen LogP contribution is 2.08. The fourth-order valence-electron chi connectivity index (χ4n) is 0.234. The van der Waals surface area contributed by atoms with Crippen molar-refractivity contribution < 1.29 is 9.78 Å². The van der Waals surface area contributed by atoms with E-state index < -0.39 is 0 Å². The molecule has 0 aromatic heterocycles. The summed E-state index contributed by atoms with van der Waals surface area (Å²) in [6.07, 6.45) is 1.74. The molecule has 0 fully saturated rings. The molecule has 0 unspecified atom stereocenters. The first-order chi connectivity index (χ1) is 2.89. The third kappa shape index (κ3) is 0.666. The van der Waals surface area contributed by atoms with Crippen LogP contribution in [0.1, 0.15) is 0 Å². The maximum atomic E-state index is 4.39. The minimum atomic E-state index is 0.527. The Kier molecular flexibility index (Phi) is 1.03. The van der Waals surface area contributed by atoms with E-state index in [2.05, 4.69) is 22.4 Å². The summed E-state index contributed by atoms with van der Waals surface area (Å²) < 4.78 is 0. The van der Waals surface area contributed by atoms with Crippen LogP contribution in [0, 0.1) is 0 Å². The van der Waals surface area contributed by atoms with Crippen molar-refractivity contribution in [2.45, 2.75) is 0 Å². The van der Waals surface area contributed by atoms with Crippen molar-refractivity contribution in [2.24, 2.45) is 0 Å². The second-order valence-corrected chi connectivity index (χ2v) is 1.35. The van der Waals surface area contributed by atoms with Crippen molar-refractivity contribution in [3.05, 3.63) is 11.2 Å². The first kappa shape index (κ1) is 4.02. The van der Waals surface area contributed by atoms with Crippen molar-refractivity contribution in [3.8, 4) is 0 Å². The maximum Gasteiger partial charge on any atom is 0.194 e. The minimum Gasteiger partial charge on any atom is -0.331 e. The third-order valence-electron chi connectivity index (χ3n) is 0.470. The van der Waals surface area contributed by atoms with Gasteiger partial charge in [0.05, 0.1) is 0 Å². The van der Waals surface area contributed by atoms with E-state index in [0.29, 0.717) is 11.7 Å². The number of hydrogen-bond donors (Lipinski definition) is 1. The summed E-state index contributed by atoms with van der Waals surface area (Å²) in [6.45, 7) is 0.527. The van der Waals surface area contributed by atoms with Crippen LogP contribution in [0.5, 0.6) is 0 Å². The van der Waals surface area contributed by atoms with Gasteiger partial charge in [-0.05, 0) is 6.08 Å². The lowest BCUT2D eigenvalue weighted by Crippen LogP contribution is -1.75. The Morgan fingerprint density at radius 1 is 1.83 bits per heavy atom. The molecule has 0 bridgehead atoms. The SMILES string of the molecule is SC1=CCOO1. The van der Waals surface area contributed by atoms with E-state index in [0.717, 1.165) is 0 Å². The van der Waals surface area contributed by atoms with Crippen molar-refractivity contribution >= 4 is 12.6 Å². The summed E-state index contributed by atoms with van der Waals surface area (Å²) in [5.74, 6) is 0. The molecule has 6 heavy (non-hydrogen) atoms. The van der Waals surface area contributed by atoms with Gasteiger partial charge in [0.15, 0.2) is 5.09 Å². The van der Waals surface area contributed by atoms with E-state index in [-0.39, 0.29) is 0 Å². The molecule has 1 rings (SSSR count). The van der Waals surface area contributed by atoms with Crippen LogP contribution in [0.4, 0.5) is 0 Å². The van der Waals surface area contributed by atoms with Gasteiger partial charge >= 0.3 is 0 Å². The second kappa shape index (κ2) is 1.53. The molecular weight excluding hydrogens is 100 g/mol. The van der Waals surface area contributed by atoms with Crippen molar-refractivity contribution in [2.75, 3.05) is 6.61 Å². The molecule has 0 saturated heterocycles. The summed E-state index contributed by atoms with van der Waals surface area (Å²) in [7, 11) is 0. The van der Waals surface area contributed by atoms with Gasteiger partial charge in [-0.3, -0.25) is 0 Å². The van der Waals surface area contributed by atoms with E-state index >= 15 is 0 Å². The van der Waals surface area contributed by atoms with Crippen LogP contribution in [-0.4, -0.2) is 6.61 Å². The first-order valence-corrected chi connectivity index (χ1v) is 2.03. The van der Waals surface area contributed by atoms with Crippen LogP contribution < -0.4 is 0 Å². The zero-order chi connectivity index (χ0) is 4.41. The molecule has 0 aromatic rings. The van der Waals surface area contributed by atoms with Crippen molar-refractivity contribution in [1.29, 1.82) is 0 Å². The normalized spacial score (nSPS) is 19.8. The summed E-state index contributed by atoms with van der Waals surface area (Å²) in [5.41, 5.74) is 0. The standard InChI is InChI=1S/C3H4O2S/c6-3-1-2-4-5-3/h1,6H,2H2. The lowest BCUT2D eigenvalue weighted by molar-refractivity contribution is -0.225. The maximum absolute atomic E-state index is 4.39. The molecule has 0 atom stereocenters. The van der Waals surface area contributed by atoms with Crippen molar-refractivity contribution in [1.82, 2.24) is 0 Å². The second-order valence-electron chi connectivity index (χ2n) is 0.910. The topological polar surface area (TPSA) is 18.5 Å². The van der Waals surface area contributed by atoms with Crippen LogP contribution >= 0.6 is 12.6 Å². The van der Waals surface area contributed by atoms with Crippen LogP contribution in [0.25, 0.3) is 0 Å². The van der Waals surface area contributed by atoms with E-state index in [9.17, 15) is 0 Å². The lowest BCUT2D eigenvalue weighted by atomic mass is 10.7. The molecule has 1 aliphatic rings. The van der Waals surface area contributed by atoms with E-state index in [1.54, 1.807) is 6.08 Å². The Morgan fingerprint density at radius 2 is 2.67 bits per heavy atom. The summed E-state index contributed by atoms with van der Waals surface area (Å²) in [4.78, 5) is 8.77. The molecular formula is C3H4O2S. The van der Waals surface area contributed by atoms with E-state index in [1.165, 1.54) is 0 Å². The highest BCUT2D eigenvalue weighted by molar-refractivity contribution is 7.84. The Labute approximate surface area is 41.1 Å². The Balaban J connectivity index is 2.45. The van der Waals surface area contributed by atoms with Gasteiger partial charge in [-0.15, -0.1) is 12.6 Å². The molecule has 0 saturated carbocycles. The van der Waals surface area contributed by atoms with Gasteiger partial charge in [-0.25, -0.2) is 0 Å². The molecule has 0 radical (unpaired) electrons.